The first kappa shape index (κ1) is 10.8. The molecular formula is C10H16N2O2. The van der Waals surface area contributed by atoms with Gasteiger partial charge in [0.15, 0.2) is 0 Å². The molecule has 0 spiro atoms. The van der Waals surface area contributed by atoms with Crippen molar-refractivity contribution >= 4 is 5.91 Å². The van der Waals surface area contributed by atoms with Gasteiger partial charge in [-0.05, 0) is 20.8 Å². The van der Waals surface area contributed by atoms with E-state index in [1.165, 1.54) is 0 Å². The van der Waals surface area contributed by atoms with Crippen molar-refractivity contribution in [2.45, 2.75) is 26.3 Å². The lowest BCUT2D eigenvalue weighted by atomic mass is 10.1. The summed E-state index contributed by atoms with van der Waals surface area (Å²) in [5.41, 5.74) is 0.193. The lowest BCUT2D eigenvalue weighted by molar-refractivity contribution is -0.118. The van der Waals surface area contributed by atoms with Crippen LogP contribution in [0.4, 0.5) is 0 Å². The summed E-state index contributed by atoms with van der Waals surface area (Å²) >= 11 is 0. The number of nitrogens with one attached hydrogen (secondary N) is 1. The first-order valence-electron chi connectivity index (χ1n) is 4.47. The monoisotopic (exact) mass is 196 g/mol. The summed E-state index contributed by atoms with van der Waals surface area (Å²) in [5.74, 6) is 0.262. The molecule has 0 aromatic heterocycles. The van der Waals surface area contributed by atoms with Gasteiger partial charge in [-0.25, -0.2) is 0 Å². The Bertz CT molecular complexity index is 300. The van der Waals surface area contributed by atoms with Crippen LogP contribution in [0.1, 0.15) is 20.8 Å². The number of amides is 1. The van der Waals surface area contributed by atoms with Gasteiger partial charge < -0.3 is 15.3 Å². The van der Waals surface area contributed by atoms with Gasteiger partial charge in [0, 0.05) is 11.7 Å². The summed E-state index contributed by atoms with van der Waals surface area (Å²) in [6, 6.07) is 0. The van der Waals surface area contributed by atoms with Crippen LogP contribution in [0.25, 0.3) is 0 Å². The van der Waals surface area contributed by atoms with Gasteiger partial charge >= 0.3 is 0 Å². The number of hydrogen-bond acceptors (Lipinski definition) is 3. The van der Waals surface area contributed by atoms with Crippen LogP contribution in [0.5, 0.6) is 0 Å². The molecule has 1 heterocycles. The van der Waals surface area contributed by atoms with Gasteiger partial charge in [-0.2, -0.15) is 0 Å². The molecule has 0 fully saturated rings. The van der Waals surface area contributed by atoms with Crippen LogP contribution in [0, 0.1) is 0 Å². The van der Waals surface area contributed by atoms with Crippen LogP contribution in [0.3, 0.4) is 0 Å². The van der Waals surface area contributed by atoms with Gasteiger partial charge in [0.1, 0.15) is 5.82 Å². The smallest absolute Gasteiger partial charge is 0.256 e. The van der Waals surface area contributed by atoms with Crippen LogP contribution in [0.15, 0.2) is 24.2 Å². The van der Waals surface area contributed by atoms with E-state index in [4.69, 9.17) is 5.11 Å². The van der Waals surface area contributed by atoms with Gasteiger partial charge in [0.2, 0.25) is 0 Å². The van der Waals surface area contributed by atoms with Gasteiger partial charge in [-0.3, -0.25) is 4.79 Å². The van der Waals surface area contributed by atoms with Gasteiger partial charge in [0.25, 0.3) is 5.91 Å². The van der Waals surface area contributed by atoms with Crippen molar-refractivity contribution in [3.05, 3.63) is 24.2 Å². The molecule has 1 rings (SSSR count). The van der Waals surface area contributed by atoms with Crippen LogP contribution >= 0.6 is 0 Å². The molecule has 4 heteroatoms. The summed E-state index contributed by atoms with van der Waals surface area (Å²) in [6.45, 7) is 9.49. The zero-order valence-corrected chi connectivity index (χ0v) is 8.79. The normalized spacial score (nSPS) is 18.0. The van der Waals surface area contributed by atoms with E-state index in [2.05, 4.69) is 11.9 Å². The Morgan fingerprint density at radius 1 is 1.57 bits per heavy atom. The van der Waals surface area contributed by atoms with E-state index in [1.54, 1.807) is 6.20 Å². The van der Waals surface area contributed by atoms with E-state index < -0.39 is 0 Å². The number of aliphatic hydroxyl groups is 1. The first-order chi connectivity index (χ1) is 6.36. The number of hydrogen-bond donors (Lipinski definition) is 2. The summed E-state index contributed by atoms with van der Waals surface area (Å²) in [6.07, 6.45) is 1.64. The molecule has 0 atom stereocenters. The highest BCUT2D eigenvalue weighted by Gasteiger charge is 2.27. The van der Waals surface area contributed by atoms with Crippen LogP contribution in [-0.2, 0) is 4.79 Å². The summed E-state index contributed by atoms with van der Waals surface area (Å²) in [7, 11) is 0. The molecule has 4 nitrogen and oxygen atoms in total. The fourth-order valence-electron chi connectivity index (χ4n) is 1.28. The Kier molecular flexibility index (Phi) is 2.66. The van der Waals surface area contributed by atoms with Gasteiger partial charge in [0.05, 0.1) is 12.2 Å². The molecule has 1 aliphatic heterocycles. The zero-order chi connectivity index (χ0) is 10.9. The second kappa shape index (κ2) is 3.46. The number of nitrogens with zero attached hydrogens (tertiary/aromatic N) is 1. The second-order valence-electron chi connectivity index (χ2n) is 4.25. The Morgan fingerprint density at radius 3 is 2.57 bits per heavy atom. The standard InChI is InChI=1S/C10H16N2O2/c1-7-11-9(14)8(6-13)5-12(7)10(2,3)4/h5,13H,1,6H2,2-4H3,(H,11,14). The third-order valence-corrected chi connectivity index (χ3v) is 2.02. The first-order valence-corrected chi connectivity index (χ1v) is 4.47. The Balaban J connectivity index is 3.03. The number of carbonyl (C=O) groups is 1. The maximum atomic E-state index is 11.3. The minimum Gasteiger partial charge on any atom is -0.391 e. The lowest BCUT2D eigenvalue weighted by Crippen LogP contribution is -2.46. The van der Waals surface area contributed by atoms with Crippen LogP contribution in [0.2, 0.25) is 0 Å². The average Bonchev–Trinajstić information content (AvgIpc) is 2.02. The number of aliphatic hydroxyl groups excluding tert-OH is 1. The summed E-state index contributed by atoms with van der Waals surface area (Å²) in [5, 5.41) is 11.5. The Morgan fingerprint density at radius 2 is 2.14 bits per heavy atom. The summed E-state index contributed by atoms with van der Waals surface area (Å²) in [4.78, 5) is 13.1. The van der Waals surface area contributed by atoms with Crippen LogP contribution in [-0.4, -0.2) is 28.1 Å². The molecule has 0 aliphatic carbocycles. The SMILES string of the molecule is C=C1NC(=O)C(CO)=CN1C(C)(C)C. The molecule has 1 amide bonds. The number of carbonyl (C=O) groups excluding carboxylic acids is 1. The predicted octanol–water partition coefficient (Wildman–Crippen LogP) is 0.564. The van der Waals surface area contributed by atoms with Gasteiger partial charge in [-0.15, -0.1) is 0 Å². The van der Waals surface area contributed by atoms with Crippen molar-refractivity contribution in [3.8, 4) is 0 Å². The van der Waals surface area contributed by atoms with E-state index in [0.717, 1.165) is 0 Å². The van der Waals surface area contributed by atoms with E-state index >= 15 is 0 Å². The maximum absolute atomic E-state index is 11.3. The predicted molar refractivity (Wildman–Crippen MR) is 54.0 cm³/mol. The van der Waals surface area contributed by atoms with Crippen molar-refractivity contribution in [1.82, 2.24) is 10.2 Å². The molecule has 0 radical (unpaired) electrons. The molecule has 78 valence electrons. The highest BCUT2D eigenvalue weighted by Crippen LogP contribution is 2.22. The molecular weight excluding hydrogens is 180 g/mol. The molecule has 14 heavy (non-hydrogen) atoms. The topological polar surface area (TPSA) is 52.6 Å². The molecule has 0 aromatic carbocycles. The molecule has 0 aromatic rings. The average molecular weight is 196 g/mol. The van der Waals surface area contributed by atoms with E-state index in [9.17, 15) is 4.79 Å². The fraction of sp³-hybridized carbons (Fsp3) is 0.500. The molecule has 0 saturated carbocycles. The van der Waals surface area contributed by atoms with Crippen molar-refractivity contribution in [3.63, 3.8) is 0 Å². The Labute approximate surface area is 83.9 Å². The Hall–Kier alpha value is -1.29. The second-order valence-corrected chi connectivity index (χ2v) is 4.25. The quantitative estimate of drug-likeness (QED) is 0.644. The van der Waals surface area contributed by atoms with Crippen LogP contribution < -0.4 is 5.32 Å². The third kappa shape index (κ3) is 1.96. The largest absolute Gasteiger partial charge is 0.391 e. The third-order valence-electron chi connectivity index (χ3n) is 2.02. The zero-order valence-electron chi connectivity index (χ0n) is 8.79. The molecule has 0 unspecified atom stereocenters. The molecule has 0 saturated heterocycles. The lowest BCUT2D eigenvalue weighted by Gasteiger charge is -2.38. The van der Waals surface area contributed by atoms with Crippen molar-refractivity contribution < 1.29 is 9.90 Å². The van der Waals surface area contributed by atoms with Crippen molar-refractivity contribution in [2.24, 2.45) is 0 Å². The van der Waals surface area contributed by atoms with Crippen molar-refractivity contribution in [1.29, 1.82) is 0 Å². The van der Waals surface area contributed by atoms with E-state index in [-0.39, 0.29) is 18.1 Å². The summed E-state index contributed by atoms with van der Waals surface area (Å²) < 4.78 is 0. The van der Waals surface area contributed by atoms with Crippen molar-refractivity contribution in [2.75, 3.05) is 6.61 Å². The minimum absolute atomic E-state index is 0.162. The molecule has 0 bridgehead atoms. The maximum Gasteiger partial charge on any atom is 0.256 e. The highest BCUT2D eigenvalue weighted by molar-refractivity contribution is 5.95. The van der Waals surface area contributed by atoms with E-state index in [1.807, 2.05) is 25.7 Å². The molecule has 2 N–H and O–H groups in total. The highest BCUT2D eigenvalue weighted by atomic mass is 16.3. The fourth-order valence-corrected chi connectivity index (χ4v) is 1.28. The van der Waals surface area contributed by atoms with E-state index in [0.29, 0.717) is 11.4 Å². The minimum atomic E-state index is -0.280. The number of rotatable bonds is 1. The molecule has 1 aliphatic rings. The van der Waals surface area contributed by atoms with Gasteiger partial charge in [-0.1, -0.05) is 6.58 Å².